The van der Waals surface area contributed by atoms with Crippen molar-refractivity contribution >= 4 is 47.4 Å². The number of H-pyrrole nitrogens is 2. The minimum atomic E-state index is -0.412. The van der Waals surface area contributed by atoms with E-state index in [0.29, 0.717) is 23.3 Å². The summed E-state index contributed by atoms with van der Waals surface area (Å²) in [7, 11) is 0. The van der Waals surface area contributed by atoms with Crippen LogP contribution in [0.2, 0.25) is 0 Å². The Balaban J connectivity index is 1.70. The van der Waals surface area contributed by atoms with E-state index in [1.165, 1.54) is 0 Å². The Hall–Kier alpha value is -3.42. The van der Waals surface area contributed by atoms with Crippen LogP contribution in [0.25, 0.3) is 0 Å². The summed E-state index contributed by atoms with van der Waals surface area (Å²) in [5.74, 6) is 3.99. The van der Waals surface area contributed by atoms with Gasteiger partial charge in [-0.15, -0.1) is 0 Å². The van der Waals surface area contributed by atoms with Crippen LogP contribution in [0, 0.1) is 0 Å². The molecule has 0 radical (unpaired) electrons. The standard InChI is InChI=1S/C20H20N8/c1-19(2)11-5-7-13(23-11)25-16-10-22-18(28-16)20(3,4)12-6-8-14(24-12)26-15-9-21-17(19)27-15/h5-10,23-24H,1-4H3. The molecule has 8 bridgehead atoms. The summed E-state index contributed by atoms with van der Waals surface area (Å²) in [6.45, 7) is 8.28. The second-order valence-electron chi connectivity index (χ2n) is 8.09. The molecule has 0 atom stereocenters. The van der Waals surface area contributed by atoms with Gasteiger partial charge in [-0.1, -0.05) is 0 Å². The lowest BCUT2D eigenvalue weighted by molar-refractivity contribution is 0.689. The number of hydrogen-bond acceptors (Lipinski definition) is 6. The van der Waals surface area contributed by atoms with Gasteiger partial charge in [-0.25, -0.2) is 30.0 Å². The maximum Gasteiger partial charge on any atom is 0.174 e. The molecule has 140 valence electrons. The van der Waals surface area contributed by atoms with Crippen molar-refractivity contribution in [3.05, 3.63) is 35.7 Å². The summed E-state index contributed by atoms with van der Waals surface area (Å²) < 4.78 is 0. The number of fused-ring (bicyclic) bond motifs is 6. The number of hydrogen-bond donors (Lipinski definition) is 2. The third kappa shape index (κ3) is 2.52. The predicted octanol–water partition coefficient (Wildman–Crippen LogP) is 3.64. The van der Waals surface area contributed by atoms with Crippen LogP contribution >= 0.6 is 0 Å². The molecule has 2 aromatic heterocycles. The Kier molecular flexibility index (Phi) is 3.31. The van der Waals surface area contributed by atoms with E-state index in [2.05, 4.69) is 67.6 Å². The van der Waals surface area contributed by atoms with Crippen molar-refractivity contribution in [2.45, 2.75) is 38.5 Å². The van der Waals surface area contributed by atoms with E-state index in [9.17, 15) is 0 Å². The largest absolute Gasteiger partial charge is 0.343 e. The Morgan fingerprint density at radius 2 is 1.04 bits per heavy atom. The molecular formula is C20H20N8. The van der Waals surface area contributed by atoms with Gasteiger partial charge in [-0.2, -0.15) is 0 Å². The fourth-order valence-electron chi connectivity index (χ4n) is 3.39. The average molecular weight is 372 g/mol. The van der Waals surface area contributed by atoms with Crippen LogP contribution in [0.15, 0.2) is 54.2 Å². The Labute approximate surface area is 162 Å². The number of amidine groups is 4. The van der Waals surface area contributed by atoms with Gasteiger partial charge in [0.05, 0.1) is 23.3 Å². The molecule has 0 amide bonds. The second kappa shape index (κ2) is 5.54. The molecule has 0 aromatic carbocycles. The first-order valence-corrected chi connectivity index (χ1v) is 9.15. The highest BCUT2D eigenvalue weighted by molar-refractivity contribution is 6.39. The van der Waals surface area contributed by atoms with Crippen LogP contribution in [0.3, 0.4) is 0 Å². The van der Waals surface area contributed by atoms with Gasteiger partial charge in [0.2, 0.25) is 0 Å². The molecule has 0 spiro atoms. The van der Waals surface area contributed by atoms with Crippen molar-refractivity contribution < 1.29 is 0 Å². The molecule has 0 saturated carbocycles. The molecule has 3 aliphatic rings. The first-order valence-electron chi connectivity index (χ1n) is 9.15. The van der Waals surface area contributed by atoms with E-state index in [4.69, 9.17) is 0 Å². The number of aromatic amines is 2. The SMILES string of the molecule is CC1(C)C2=NC(=Nc3ccc([nH]3)C(C)(C)C3=NC(=Nc4ccc1[nH]4)C=N3)C=N2. The molecule has 0 saturated heterocycles. The summed E-state index contributed by atoms with van der Waals surface area (Å²) >= 11 is 0. The maximum atomic E-state index is 4.63. The zero-order valence-electron chi connectivity index (χ0n) is 16.1. The van der Waals surface area contributed by atoms with Gasteiger partial charge in [0.25, 0.3) is 0 Å². The molecule has 2 aromatic rings. The lowest BCUT2D eigenvalue weighted by atomic mass is 9.88. The Bertz CT molecular complexity index is 1070. The van der Waals surface area contributed by atoms with Gasteiger partial charge in [-0.05, 0) is 52.0 Å². The Morgan fingerprint density at radius 1 is 0.607 bits per heavy atom. The molecule has 2 N–H and O–H groups in total. The second-order valence-corrected chi connectivity index (χ2v) is 8.09. The van der Waals surface area contributed by atoms with Crippen molar-refractivity contribution in [1.29, 1.82) is 0 Å². The highest BCUT2D eigenvalue weighted by Crippen LogP contribution is 2.31. The van der Waals surface area contributed by atoms with E-state index >= 15 is 0 Å². The van der Waals surface area contributed by atoms with Gasteiger partial charge >= 0.3 is 0 Å². The lowest BCUT2D eigenvalue weighted by Crippen LogP contribution is -2.27. The maximum absolute atomic E-state index is 4.63. The van der Waals surface area contributed by atoms with Crippen molar-refractivity contribution in [2.24, 2.45) is 30.0 Å². The van der Waals surface area contributed by atoms with Crippen LogP contribution in [0.4, 0.5) is 11.6 Å². The normalized spacial score (nSPS) is 21.3. The molecule has 8 heteroatoms. The molecular weight excluding hydrogens is 352 g/mol. The zero-order chi connectivity index (χ0) is 19.5. The Morgan fingerprint density at radius 3 is 1.46 bits per heavy atom. The third-order valence-electron chi connectivity index (χ3n) is 5.32. The average Bonchev–Trinajstić information content (AvgIpc) is 3.42. The van der Waals surface area contributed by atoms with Crippen LogP contribution < -0.4 is 0 Å². The summed E-state index contributed by atoms with van der Waals surface area (Å²) in [6.07, 6.45) is 3.39. The van der Waals surface area contributed by atoms with Crippen LogP contribution in [0.5, 0.6) is 0 Å². The number of nitrogens with one attached hydrogen (secondary N) is 2. The van der Waals surface area contributed by atoms with Crippen molar-refractivity contribution in [3.63, 3.8) is 0 Å². The van der Waals surface area contributed by atoms with Gasteiger partial charge in [-0.3, -0.25) is 0 Å². The van der Waals surface area contributed by atoms with Gasteiger partial charge in [0, 0.05) is 11.4 Å². The topological polar surface area (TPSA) is 106 Å². The molecule has 5 heterocycles. The first kappa shape index (κ1) is 16.7. The summed E-state index contributed by atoms with van der Waals surface area (Å²) in [5.41, 5.74) is 1.12. The molecule has 5 rings (SSSR count). The number of aliphatic imine (C=N–C) groups is 6. The van der Waals surface area contributed by atoms with Crippen LogP contribution in [0.1, 0.15) is 39.1 Å². The van der Waals surface area contributed by atoms with Crippen molar-refractivity contribution in [1.82, 2.24) is 9.97 Å². The van der Waals surface area contributed by atoms with E-state index in [1.807, 2.05) is 24.3 Å². The summed E-state index contributed by atoms with van der Waals surface area (Å²) in [4.78, 5) is 34.2. The van der Waals surface area contributed by atoms with Gasteiger partial charge in [0.1, 0.15) is 23.3 Å². The minimum absolute atomic E-state index is 0.412. The fourth-order valence-corrected chi connectivity index (χ4v) is 3.39. The molecule has 8 nitrogen and oxygen atoms in total. The third-order valence-corrected chi connectivity index (χ3v) is 5.32. The summed E-state index contributed by atoms with van der Waals surface area (Å²) in [6, 6.07) is 7.86. The van der Waals surface area contributed by atoms with E-state index in [0.717, 1.165) is 23.0 Å². The van der Waals surface area contributed by atoms with Gasteiger partial charge < -0.3 is 9.97 Å². The van der Waals surface area contributed by atoms with Crippen molar-refractivity contribution in [2.75, 3.05) is 0 Å². The van der Waals surface area contributed by atoms with Gasteiger partial charge in [0.15, 0.2) is 11.7 Å². The number of aromatic nitrogens is 2. The first-order chi connectivity index (χ1) is 13.3. The monoisotopic (exact) mass is 372 g/mol. The van der Waals surface area contributed by atoms with Crippen molar-refractivity contribution in [3.8, 4) is 0 Å². The fraction of sp³-hybridized carbons (Fsp3) is 0.300. The molecule has 0 unspecified atom stereocenters. The highest BCUT2D eigenvalue weighted by atomic mass is 15.1. The molecule has 0 aliphatic carbocycles. The smallest absolute Gasteiger partial charge is 0.174 e. The lowest BCUT2D eigenvalue weighted by Gasteiger charge is -2.21. The molecule has 3 aliphatic heterocycles. The molecule has 0 fully saturated rings. The van der Waals surface area contributed by atoms with E-state index in [-0.39, 0.29) is 0 Å². The van der Waals surface area contributed by atoms with E-state index in [1.54, 1.807) is 12.4 Å². The van der Waals surface area contributed by atoms with Crippen LogP contribution in [-0.4, -0.2) is 45.7 Å². The number of nitrogens with zero attached hydrogens (tertiary/aromatic N) is 6. The minimum Gasteiger partial charge on any atom is -0.343 e. The summed E-state index contributed by atoms with van der Waals surface area (Å²) in [5, 5.41) is 0. The predicted molar refractivity (Wildman–Crippen MR) is 114 cm³/mol. The quantitative estimate of drug-likeness (QED) is 0.705. The zero-order valence-corrected chi connectivity index (χ0v) is 16.1. The number of rotatable bonds is 0. The highest BCUT2D eigenvalue weighted by Gasteiger charge is 2.33. The molecule has 28 heavy (non-hydrogen) atoms. The van der Waals surface area contributed by atoms with E-state index < -0.39 is 10.8 Å². The van der Waals surface area contributed by atoms with Crippen LogP contribution in [-0.2, 0) is 10.8 Å².